The van der Waals surface area contributed by atoms with E-state index in [0.29, 0.717) is 0 Å². The van der Waals surface area contributed by atoms with Crippen LogP contribution in [0, 0.1) is 0 Å². The maximum Gasteiger partial charge on any atom is 0.159 e. The molecule has 0 unspecified atom stereocenters. The quantitative estimate of drug-likeness (QED) is 0.416. The van der Waals surface area contributed by atoms with Crippen LogP contribution in [0.15, 0.2) is 72.9 Å². The van der Waals surface area contributed by atoms with Gasteiger partial charge in [0.25, 0.3) is 0 Å². The van der Waals surface area contributed by atoms with Crippen molar-refractivity contribution in [3.05, 3.63) is 89.7 Å². The van der Waals surface area contributed by atoms with Crippen LogP contribution >= 0.6 is 0 Å². The van der Waals surface area contributed by atoms with Gasteiger partial charge in [0.05, 0.1) is 18.9 Å². The summed E-state index contributed by atoms with van der Waals surface area (Å²) in [6, 6.07) is 23.4. The van der Waals surface area contributed by atoms with Gasteiger partial charge in [0.1, 0.15) is 5.82 Å². The smallest absolute Gasteiger partial charge is 0.159 e. The zero-order valence-corrected chi connectivity index (χ0v) is 20.6. The van der Waals surface area contributed by atoms with Gasteiger partial charge >= 0.3 is 0 Å². The van der Waals surface area contributed by atoms with Gasteiger partial charge in [-0.1, -0.05) is 60.7 Å². The van der Waals surface area contributed by atoms with Crippen LogP contribution in [0.1, 0.15) is 16.8 Å². The van der Waals surface area contributed by atoms with E-state index in [0.717, 1.165) is 82.8 Å². The highest BCUT2D eigenvalue weighted by Gasteiger charge is 2.22. The number of anilines is 2. The second-order valence-electron chi connectivity index (χ2n) is 9.57. The Hall–Kier alpha value is -3.55. The minimum atomic E-state index is 0.787. The van der Waals surface area contributed by atoms with Crippen molar-refractivity contribution in [3.63, 3.8) is 0 Å². The fraction of sp³-hybridized carbons (Fsp3) is 0.345. The lowest BCUT2D eigenvalue weighted by Crippen LogP contribution is -2.47. The number of aromatic nitrogens is 3. The highest BCUT2D eigenvalue weighted by Crippen LogP contribution is 2.28. The lowest BCUT2D eigenvalue weighted by Gasteiger charge is -2.36. The average molecular weight is 481 g/mol. The zero-order chi connectivity index (χ0) is 24.2. The summed E-state index contributed by atoms with van der Waals surface area (Å²) in [7, 11) is 0. The molecule has 0 aliphatic carbocycles. The molecule has 0 saturated carbocycles. The van der Waals surface area contributed by atoms with E-state index in [9.17, 15) is 0 Å². The number of piperazine rings is 1. The summed E-state index contributed by atoms with van der Waals surface area (Å²) in [4.78, 5) is 12.0. The van der Waals surface area contributed by atoms with Gasteiger partial charge < -0.3 is 14.5 Å². The Morgan fingerprint density at radius 1 is 0.667 bits per heavy atom. The molecule has 4 aromatic rings. The number of ether oxygens (including phenoxy) is 1. The van der Waals surface area contributed by atoms with Gasteiger partial charge in [-0.2, -0.15) is 5.10 Å². The molecular formula is C29H32N6O. The van der Waals surface area contributed by atoms with Gasteiger partial charge in [0, 0.05) is 69.2 Å². The second-order valence-corrected chi connectivity index (χ2v) is 9.57. The molecule has 2 aliphatic heterocycles. The van der Waals surface area contributed by atoms with Gasteiger partial charge in [0.15, 0.2) is 5.82 Å². The average Bonchev–Trinajstić information content (AvgIpc) is 2.95. The Morgan fingerprint density at radius 3 is 2.14 bits per heavy atom. The predicted molar refractivity (Wildman–Crippen MR) is 144 cm³/mol. The first-order valence-electron chi connectivity index (χ1n) is 12.9. The molecule has 0 bridgehead atoms. The maximum atomic E-state index is 5.45. The summed E-state index contributed by atoms with van der Waals surface area (Å²) >= 11 is 0. The van der Waals surface area contributed by atoms with E-state index in [1.165, 1.54) is 21.9 Å². The molecule has 0 amide bonds. The number of pyridine rings is 1. The lowest BCUT2D eigenvalue weighted by molar-refractivity contribution is 0.0341. The standard InChI is InChI=1S/C29H32N6O/c1-2-6-23(7-3-1)20-27-25-8-4-5-9-26(25)29(32-31-27)35-14-12-34(13-15-35)28-11-10-24(21-30-28)22-33-16-18-36-19-17-33/h1-11,21H,12-20,22H2. The molecule has 0 spiro atoms. The number of nitrogens with zero attached hydrogens (tertiary/aromatic N) is 6. The molecule has 2 aromatic heterocycles. The third kappa shape index (κ3) is 5.03. The fourth-order valence-corrected chi connectivity index (χ4v) is 5.16. The van der Waals surface area contributed by atoms with Crippen LogP contribution < -0.4 is 9.80 Å². The highest BCUT2D eigenvalue weighted by molar-refractivity contribution is 5.93. The van der Waals surface area contributed by atoms with Gasteiger partial charge in [-0.3, -0.25) is 4.90 Å². The number of fused-ring (bicyclic) bond motifs is 1. The number of morpholine rings is 1. The Morgan fingerprint density at radius 2 is 1.39 bits per heavy atom. The third-order valence-electron chi connectivity index (χ3n) is 7.18. The first-order chi connectivity index (χ1) is 17.8. The molecule has 0 atom stereocenters. The molecular weight excluding hydrogens is 448 g/mol. The Bertz CT molecular complexity index is 1280. The predicted octanol–water partition coefficient (Wildman–Crippen LogP) is 3.77. The van der Waals surface area contributed by atoms with Gasteiger partial charge in [-0.25, -0.2) is 4.98 Å². The lowest BCUT2D eigenvalue weighted by atomic mass is 10.0. The molecule has 184 valence electrons. The summed E-state index contributed by atoms with van der Waals surface area (Å²) in [5, 5.41) is 11.8. The van der Waals surface area contributed by atoms with E-state index in [1.54, 1.807) is 0 Å². The van der Waals surface area contributed by atoms with Crippen molar-refractivity contribution in [1.82, 2.24) is 20.1 Å². The second kappa shape index (κ2) is 10.6. The number of rotatable bonds is 6. The van der Waals surface area contributed by atoms with Gasteiger partial charge in [0.2, 0.25) is 0 Å². The van der Waals surface area contributed by atoms with Crippen molar-refractivity contribution < 1.29 is 4.74 Å². The molecule has 6 rings (SSSR count). The normalized spacial score (nSPS) is 17.0. The number of hydrogen-bond donors (Lipinski definition) is 0. The molecule has 7 nitrogen and oxygen atoms in total. The molecule has 2 aromatic carbocycles. The first kappa shape index (κ1) is 22.9. The molecule has 0 radical (unpaired) electrons. The van der Waals surface area contributed by atoms with Crippen LogP contribution in [0.4, 0.5) is 11.6 Å². The minimum absolute atomic E-state index is 0.787. The van der Waals surface area contributed by atoms with Crippen LogP contribution in [-0.2, 0) is 17.7 Å². The van der Waals surface area contributed by atoms with Crippen LogP contribution in [0.5, 0.6) is 0 Å². The Balaban J connectivity index is 1.13. The monoisotopic (exact) mass is 480 g/mol. The van der Waals surface area contributed by atoms with E-state index < -0.39 is 0 Å². The van der Waals surface area contributed by atoms with Crippen molar-refractivity contribution in [2.45, 2.75) is 13.0 Å². The molecule has 2 aliphatic rings. The number of benzene rings is 2. The van der Waals surface area contributed by atoms with Crippen LogP contribution in [0.25, 0.3) is 10.8 Å². The van der Waals surface area contributed by atoms with E-state index in [4.69, 9.17) is 14.8 Å². The van der Waals surface area contributed by atoms with Crippen molar-refractivity contribution in [2.75, 3.05) is 62.3 Å². The summed E-state index contributed by atoms with van der Waals surface area (Å²) in [5.74, 6) is 2.03. The summed E-state index contributed by atoms with van der Waals surface area (Å²) in [6.45, 7) is 8.20. The summed E-state index contributed by atoms with van der Waals surface area (Å²) in [5.41, 5.74) is 3.54. The highest BCUT2D eigenvalue weighted by atomic mass is 16.5. The van der Waals surface area contributed by atoms with Crippen molar-refractivity contribution in [3.8, 4) is 0 Å². The molecule has 2 saturated heterocycles. The first-order valence-corrected chi connectivity index (χ1v) is 12.9. The zero-order valence-electron chi connectivity index (χ0n) is 20.6. The van der Waals surface area contributed by atoms with E-state index >= 15 is 0 Å². The molecule has 2 fully saturated rings. The largest absolute Gasteiger partial charge is 0.379 e. The summed E-state index contributed by atoms with van der Waals surface area (Å²) < 4.78 is 5.45. The minimum Gasteiger partial charge on any atom is -0.379 e. The van der Waals surface area contributed by atoms with E-state index in [1.807, 2.05) is 12.3 Å². The molecule has 4 heterocycles. The topological polar surface area (TPSA) is 57.6 Å². The molecule has 7 heteroatoms. The van der Waals surface area contributed by atoms with Crippen molar-refractivity contribution in [1.29, 1.82) is 0 Å². The van der Waals surface area contributed by atoms with Crippen LogP contribution in [0.3, 0.4) is 0 Å². The van der Waals surface area contributed by atoms with Gasteiger partial charge in [-0.05, 0) is 17.2 Å². The molecule has 36 heavy (non-hydrogen) atoms. The number of hydrogen-bond acceptors (Lipinski definition) is 7. The Labute approximate surface area is 212 Å². The van der Waals surface area contributed by atoms with Crippen molar-refractivity contribution in [2.24, 2.45) is 0 Å². The summed E-state index contributed by atoms with van der Waals surface area (Å²) in [6.07, 6.45) is 2.82. The fourth-order valence-electron chi connectivity index (χ4n) is 5.16. The SMILES string of the molecule is c1ccc(Cc2nnc(N3CCN(c4ccc(CN5CCOCC5)cn4)CC3)c3ccccc23)cc1. The van der Waals surface area contributed by atoms with Crippen LogP contribution in [-0.4, -0.2) is 72.6 Å². The molecule has 0 N–H and O–H groups in total. The van der Waals surface area contributed by atoms with Gasteiger partial charge in [-0.15, -0.1) is 5.10 Å². The van der Waals surface area contributed by atoms with Crippen molar-refractivity contribution >= 4 is 22.4 Å². The van der Waals surface area contributed by atoms with E-state index in [2.05, 4.69) is 80.5 Å². The third-order valence-corrected chi connectivity index (χ3v) is 7.18. The Kier molecular flexibility index (Phi) is 6.74. The maximum absolute atomic E-state index is 5.45. The van der Waals surface area contributed by atoms with Crippen LogP contribution in [0.2, 0.25) is 0 Å². The van der Waals surface area contributed by atoms with E-state index in [-0.39, 0.29) is 0 Å².